The molecule has 70 valence electrons. The fourth-order valence-corrected chi connectivity index (χ4v) is 0.847. The van der Waals surface area contributed by atoms with Gasteiger partial charge in [-0.05, 0) is 4.92 Å². The molecule has 0 aliphatic carbocycles. The molecule has 0 saturated carbocycles. The molecule has 0 aliphatic heterocycles. The number of hydrogen-bond donors (Lipinski definition) is 1. The summed E-state index contributed by atoms with van der Waals surface area (Å²) < 4.78 is 4.71. The zero-order valence-corrected chi connectivity index (χ0v) is 6.81. The van der Waals surface area contributed by atoms with Crippen molar-refractivity contribution in [2.75, 3.05) is 7.11 Å². The Labute approximate surface area is 72.9 Å². The molecule has 0 amide bonds. The van der Waals surface area contributed by atoms with E-state index in [-0.39, 0.29) is 12.3 Å². The number of hydrogen-bond acceptors (Lipinski definition) is 5. The van der Waals surface area contributed by atoms with Crippen LogP contribution >= 0.6 is 0 Å². The largest absolute Gasteiger partial charge is 0.433 e. The Morgan fingerprint density at radius 1 is 1.77 bits per heavy atom. The Bertz CT molecular complexity index is 333. The lowest BCUT2D eigenvalue weighted by Crippen LogP contribution is -1.93. The van der Waals surface area contributed by atoms with Crippen molar-refractivity contribution >= 4 is 12.2 Å². The number of rotatable bonds is 4. The van der Waals surface area contributed by atoms with E-state index in [1.807, 2.05) is 0 Å². The molecule has 0 saturated heterocycles. The number of nitro groups is 1. The average Bonchev–Trinajstić information content (AvgIpc) is 2.48. The Balaban J connectivity index is 3.03. The van der Waals surface area contributed by atoms with Gasteiger partial charge in [0.2, 0.25) is 5.69 Å². The van der Waals surface area contributed by atoms with Gasteiger partial charge in [-0.3, -0.25) is 4.79 Å². The minimum Gasteiger partial charge on any atom is -0.390 e. The van der Waals surface area contributed by atoms with Crippen molar-refractivity contribution in [2.45, 2.75) is 6.61 Å². The molecule has 13 heavy (non-hydrogen) atoms. The van der Waals surface area contributed by atoms with E-state index in [9.17, 15) is 14.9 Å². The van der Waals surface area contributed by atoms with Crippen LogP contribution in [0.1, 0.15) is 16.2 Å². The standard InChI is InChI=1S/C6H7N3O4/c1-13-3-5-4(2-10)7-6(8-5)9(11)12/h2H,3H2,1H3,(H,7,8). The maximum Gasteiger partial charge on any atom is 0.433 e. The van der Waals surface area contributed by atoms with Crippen LogP contribution in [0, 0.1) is 10.1 Å². The lowest BCUT2D eigenvalue weighted by atomic mass is 10.4. The number of aromatic amines is 1. The summed E-state index contributed by atoms with van der Waals surface area (Å²) in [6.45, 7) is 0.0922. The van der Waals surface area contributed by atoms with E-state index in [1.54, 1.807) is 0 Å². The van der Waals surface area contributed by atoms with Crippen LogP contribution in [0.15, 0.2) is 0 Å². The normalized spacial score (nSPS) is 9.92. The van der Waals surface area contributed by atoms with Crippen LogP contribution in [0.4, 0.5) is 5.95 Å². The molecule has 0 aromatic carbocycles. The van der Waals surface area contributed by atoms with Crippen LogP contribution < -0.4 is 0 Å². The van der Waals surface area contributed by atoms with Gasteiger partial charge in [0.05, 0.1) is 0 Å². The number of ether oxygens (including phenoxy) is 1. The van der Waals surface area contributed by atoms with Gasteiger partial charge in [-0.2, -0.15) is 0 Å². The smallest absolute Gasteiger partial charge is 0.390 e. The zero-order chi connectivity index (χ0) is 9.84. The minimum atomic E-state index is -0.702. The molecule has 1 N–H and O–H groups in total. The third-order valence-electron chi connectivity index (χ3n) is 1.37. The summed E-state index contributed by atoms with van der Waals surface area (Å²) in [7, 11) is 1.42. The van der Waals surface area contributed by atoms with Gasteiger partial charge in [-0.15, -0.1) is 0 Å². The lowest BCUT2D eigenvalue weighted by Gasteiger charge is -1.90. The Morgan fingerprint density at radius 2 is 2.46 bits per heavy atom. The van der Waals surface area contributed by atoms with Crippen LogP contribution in [0.5, 0.6) is 0 Å². The SMILES string of the molecule is COCc1[nH]c([N+](=O)[O-])nc1C=O. The van der Waals surface area contributed by atoms with Gasteiger partial charge >= 0.3 is 5.95 Å². The van der Waals surface area contributed by atoms with E-state index in [0.29, 0.717) is 12.0 Å². The Morgan fingerprint density at radius 3 is 2.92 bits per heavy atom. The second-order valence-corrected chi connectivity index (χ2v) is 2.23. The molecule has 0 bridgehead atoms. The maximum atomic E-state index is 10.4. The molecule has 0 radical (unpaired) electrons. The first-order valence-electron chi connectivity index (χ1n) is 3.36. The topological polar surface area (TPSA) is 98.1 Å². The van der Waals surface area contributed by atoms with Crippen LogP contribution in [0.3, 0.4) is 0 Å². The van der Waals surface area contributed by atoms with Gasteiger partial charge in [0.25, 0.3) is 0 Å². The number of carbonyl (C=O) groups is 1. The molecule has 0 fully saturated rings. The van der Waals surface area contributed by atoms with Gasteiger partial charge < -0.3 is 14.9 Å². The maximum absolute atomic E-state index is 10.4. The van der Waals surface area contributed by atoms with E-state index in [0.717, 1.165) is 0 Å². The first kappa shape index (κ1) is 9.33. The number of carbonyl (C=O) groups excluding carboxylic acids is 1. The highest BCUT2D eigenvalue weighted by Gasteiger charge is 2.18. The number of methoxy groups -OCH3 is 1. The molecule has 7 heteroatoms. The van der Waals surface area contributed by atoms with Crippen molar-refractivity contribution in [3.63, 3.8) is 0 Å². The quantitative estimate of drug-likeness (QED) is 0.412. The first-order chi connectivity index (χ1) is 6.19. The number of H-pyrrole nitrogens is 1. The van der Waals surface area contributed by atoms with E-state index in [1.165, 1.54) is 7.11 Å². The Hall–Kier alpha value is -1.76. The lowest BCUT2D eigenvalue weighted by molar-refractivity contribution is -0.393. The van der Waals surface area contributed by atoms with Gasteiger partial charge in [0.1, 0.15) is 12.3 Å². The summed E-state index contributed by atoms with van der Waals surface area (Å²) in [5, 5.41) is 10.2. The van der Waals surface area contributed by atoms with Crippen molar-refractivity contribution in [1.82, 2.24) is 9.97 Å². The third kappa shape index (κ3) is 1.88. The Kier molecular flexibility index (Phi) is 2.70. The summed E-state index contributed by atoms with van der Waals surface area (Å²) in [6.07, 6.45) is 0.442. The van der Waals surface area contributed by atoms with Crippen molar-refractivity contribution < 1.29 is 14.5 Å². The number of nitrogens with one attached hydrogen (secondary N) is 1. The molecule has 0 atom stereocenters. The van der Waals surface area contributed by atoms with Crippen molar-refractivity contribution in [1.29, 1.82) is 0 Å². The molecule has 7 nitrogen and oxygen atoms in total. The summed E-state index contributed by atoms with van der Waals surface area (Å²) in [4.78, 5) is 25.7. The molecule has 1 heterocycles. The fraction of sp³-hybridized carbons (Fsp3) is 0.333. The van der Waals surface area contributed by atoms with E-state index in [4.69, 9.17) is 4.74 Å². The van der Waals surface area contributed by atoms with E-state index in [2.05, 4.69) is 9.97 Å². The molecule has 1 rings (SSSR count). The van der Waals surface area contributed by atoms with Crippen LogP contribution in [-0.4, -0.2) is 28.3 Å². The second kappa shape index (κ2) is 3.76. The van der Waals surface area contributed by atoms with Crippen LogP contribution in [0.25, 0.3) is 0 Å². The second-order valence-electron chi connectivity index (χ2n) is 2.23. The number of aromatic nitrogens is 2. The van der Waals surface area contributed by atoms with E-state index >= 15 is 0 Å². The minimum absolute atomic E-state index is 0.00792. The number of imidazole rings is 1. The molecular weight excluding hydrogens is 178 g/mol. The first-order valence-corrected chi connectivity index (χ1v) is 3.36. The molecule has 0 unspecified atom stereocenters. The number of nitrogens with zero attached hydrogens (tertiary/aromatic N) is 2. The van der Waals surface area contributed by atoms with Gasteiger partial charge in [-0.1, -0.05) is 4.98 Å². The average molecular weight is 185 g/mol. The highest BCUT2D eigenvalue weighted by atomic mass is 16.6. The predicted octanol–water partition coefficient (Wildman–Crippen LogP) is 0.277. The third-order valence-corrected chi connectivity index (χ3v) is 1.37. The molecule has 1 aromatic rings. The highest BCUT2D eigenvalue weighted by molar-refractivity contribution is 5.74. The summed E-state index contributed by atoms with van der Waals surface area (Å²) in [5.41, 5.74) is 0.317. The summed E-state index contributed by atoms with van der Waals surface area (Å²) in [6, 6.07) is 0. The van der Waals surface area contributed by atoms with Gasteiger partial charge in [0.15, 0.2) is 6.29 Å². The monoisotopic (exact) mass is 185 g/mol. The van der Waals surface area contributed by atoms with Crippen molar-refractivity contribution in [3.05, 3.63) is 21.5 Å². The van der Waals surface area contributed by atoms with Crippen molar-refractivity contribution in [3.8, 4) is 0 Å². The van der Waals surface area contributed by atoms with Gasteiger partial charge in [-0.25, -0.2) is 4.98 Å². The molecular formula is C6H7N3O4. The molecule has 1 aromatic heterocycles. The molecule has 0 spiro atoms. The zero-order valence-electron chi connectivity index (χ0n) is 6.81. The van der Waals surface area contributed by atoms with Crippen LogP contribution in [-0.2, 0) is 11.3 Å². The highest BCUT2D eigenvalue weighted by Crippen LogP contribution is 2.10. The summed E-state index contributed by atoms with van der Waals surface area (Å²) in [5.74, 6) is -0.450. The van der Waals surface area contributed by atoms with Crippen molar-refractivity contribution in [2.24, 2.45) is 0 Å². The number of aldehydes is 1. The fourth-order valence-electron chi connectivity index (χ4n) is 0.847. The summed E-state index contributed by atoms with van der Waals surface area (Å²) >= 11 is 0. The van der Waals surface area contributed by atoms with E-state index < -0.39 is 10.9 Å². The van der Waals surface area contributed by atoms with Gasteiger partial charge in [0, 0.05) is 7.11 Å². The molecule has 0 aliphatic rings. The van der Waals surface area contributed by atoms with Crippen LogP contribution in [0.2, 0.25) is 0 Å². The predicted molar refractivity (Wildman–Crippen MR) is 41.3 cm³/mol.